The molecule has 0 fully saturated rings. The van der Waals surface area contributed by atoms with Crippen molar-refractivity contribution >= 4 is 0 Å². The van der Waals surface area contributed by atoms with Gasteiger partial charge < -0.3 is 5.32 Å². The van der Waals surface area contributed by atoms with Crippen LogP contribution in [0.2, 0.25) is 0 Å². The molecule has 1 aliphatic carbocycles. The van der Waals surface area contributed by atoms with Gasteiger partial charge in [0.2, 0.25) is 0 Å². The molecule has 2 aliphatic rings. The Morgan fingerprint density at radius 3 is 2.85 bits per heavy atom. The summed E-state index contributed by atoms with van der Waals surface area (Å²) in [5.74, 6) is 0.700. The van der Waals surface area contributed by atoms with Crippen LogP contribution in [0, 0.1) is 5.92 Å². The van der Waals surface area contributed by atoms with Crippen molar-refractivity contribution in [3.8, 4) is 0 Å². The highest BCUT2D eigenvalue weighted by Crippen LogP contribution is 2.27. The van der Waals surface area contributed by atoms with E-state index in [9.17, 15) is 0 Å². The van der Waals surface area contributed by atoms with Crippen molar-refractivity contribution in [2.24, 2.45) is 5.92 Å². The maximum absolute atomic E-state index is 3.24. The Bertz CT molecular complexity index is 271. The van der Waals surface area contributed by atoms with Gasteiger partial charge in [0, 0.05) is 12.5 Å². The number of allylic oxidation sites excluding steroid dienone is 5. The fourth-order valence-corrected chi connectivity index (χ4v) is 1.98. The first-order valence-corrected chi connectivity index (χ1v) is 5.12. The Balaban J connectivity index is 2.08. The largest absolute Gasteiger partial charge is 0.391 e. The van der Waals surface area contributed by atoms with E-state index >= 15 is 0 Å². The minimum atomic E-state index is 0.700. The van der Waals surface area contributed by atoms with Crippen LogP contribution in [-0.2, 0) is 0 Å². The van der Waals surface area contributed by atoms with Gasteiger partial charge in [-0.25, -0.2) is 0 Å². The van der Waals surface area contributed by atoms with Gasteiger partial charge in [0.05, 0.1) is 0 Å². The van der Waals surface area contributed by atoms with E-state index in [1.165, 1.54) is 24.8 Å². The Hall–Kier alpha value is -0.980. The third kappa shape index (κ3) is 2.03. The average Bonchev–Trinajstić information content (AvgIpc) is 2.20. The predicted octanol–water partition coefficient (Wildman–Crippen LogP) is 2.78. The van der Waals surface area contributed by atoms with Gasteiger partial charge in [-0.05, 0) is 32.4 Å². The topological polar surface area (TPSA) is 12.0 Å². The molecule has 1 atom stereocenters. The van der Waals surface area contributed by atoms with Crippen LogP contribution in [-0.4, -0.2) is 6.54 Å². The fourth-order valence-electron chi connectivity index (χ4n) is 1.98. The number of nitrogens with one attached hydrogen (secondary N) is 1. The molecule has 1 N–H and O–H groups in total. The van der Waals surface area contributed by atoms with Gasteiger partial charge in [-0.15, -0.1) is 0 Å². The summed E-state index contributed by atoms with van der Waals surface area (Å²) in [6, 6.07) is 0. The zero-order valence-corrected chi connectivity index (χ0v) is 8.22. The van der Waals surface area contributed by atoms with E-state index < -0.39 is 0 Å². The van der Waals surface area contributed by atoms with E-state index in [1.54, 1.807) is 5.57 Å². The van der Waals surface area contributed by atoms with Gasteiger partial charge in [-0.3, -0.25) is 0 Å². The van der Waals surface area contributed by atoms with Gasteiger partial charge in [-0.1, -0.05) is 29.4 Å². The molecule has 0 aromatic rings. The maximum atomic E-state index is 3.24. The molecular formula is C12H17N. The normalized spacial score (nSPS) is 27.6. The van der Waals surface area contributed by atoms with Gasteiger partial charge >= 0.3 is 0 Å². The van der Waals surface area contributed by atoms with Crippen LogP contribution in [0.4, 0.5) is 0 Å². The van der Waals surface area contributed by atoms with Gasteiger partial charge in [0.15, 0.2) is 0 Å². The van der Waals surface area contributed by atoms with Crippen LogP contribution < -0.4 is 5.32 Å². The molecule has 1 aliphatic heterocycles. The van der Waals surface area contributed by atoms with Gasteiger partial charge in [0.25, 0.3) is 0 Å². The molecule has 0 bridgehead atoms. The van der Waals surface area contributed by atoms with Crippen molar-refractivity contribution in [2.75, 3.05) is 6.54 Å². The maximum Gasteiger partial charge on any atom is 0.0150 e. The highest BCUT2D eigenvalue weighted by atomic mass is 14.8. The van der Waals surface area contributed by atoms with E-state index in [4.69, 9.17) is 0 Å². The van der Waals surface area contributed by atoms with E-state index in [2.05, 4.69) is 36.7 Å². The quantitative estimate of drug-likeness (QED) is 0.646. The predicted molar refractivity (Wildman–Crippen MR) is 56.3 cm³/mol. The van der Waals surface area contributed by atoms with Crippen LogP contribution >= 0.6 is 0 Å². The fraction of sp³-hybridized carbons (Fsp3) is 0.500. The molecule has 1 heteroatoms. The summed E-state index contributed by atoms with van der Waals surface area (Å²) in [6.45, 7) is 3.34. The summed E-state index contributed by atoms with van der Waals surface area (Å²) < 4.78 is 0. The third-order valence-corrected chi connectivity index (χ3v) is 2.91. The first-order valence-electron chi connectivity index (χ1n) is 5.12. The van der Waals surface area contributed by atoms with Crippen LogP contribution in [0.1, 0.15) is 26.2 Å². The summed E-state index contributed by atoms with van der Waals surface area (Å²) in [5.41, 5.74) is 3.13. The summed E-state index contributed by atoms with van der Waals surface area (Å²) in [6.07, 6.45) is 12.8. The molecule has 0 amide bonds. The average molecular weight is 175 g/mol. The van der Waals surface area contributed by atoms with Crippen molar-refractivity contribution in [2.45, 2.75) is 26.2 Å². The molecule has 1 heterocycles. The minimum Gasteiger partial charge on any atom is -0.391 e. The summed E-state index contributed by atoms with van der Waals surface area (Å²) >= 11 is 0. The number of hydrogen-bond donors (Lipinski definition) is 1. The molecule has 1 unspecified atom stereocenters. The van der Waals surface area contributed by atoms with Crippen LogP contribution in [0.15, 0.2) is 35.6 Å². The molecule has 0 aromatic carbocycles. The second-order valence-corrected chi connectivity index (χ2v) is 3.96. The van der Waals surface area contributed by atoms with Crippen molar-refractivity contribution < 1.29 is 0 Å². The monoisotopic (exact) mass is 175 g/mol. The lowest BCUT2D eigenvalue weighted by atomic mass is 9.86. The lowest BCUT2D eigenvalue weighted by Crippen LogP contribution is -2.19. The smallest absolute Gasteiger partial charge is 0.0150 e. The van der Waals surface area contributed by atoms with Crippen LogP contribution in [0.3, 0.4) is 0 Å². The highest BCUT2D eigenvalue weighted by Gasteiger charge is 2.14. The molecule has 70 valence electrons. The summed E-state index contributed by atoms with van der Waals surface area (Å²) in [7, 11) is 0. The van der Waals surface area contributed by atoms with Crippen molar-refractivity contribution in [1.29, 1.82) is 0 Å². The standard InChI is InChI=1S/C12H17N/c1-10-2-4-11(5-3-10)12-6-8-13-9-7-12/h2,4,6,8,12-13H,3,5,7,9H2,1H3. The van der Waals surface area contributed by atoms with E-state index in [0.717, 1.165) is 6.54 Å². The minimum absolute atomic E-state index is 0.700. The molecule has 0 spiro atoms. The van der Waals surface area contributed by atoms with Gasteiger partial charge in [0.1, 0.15) is 0 Å². The Morgan fingerprint density at radius 1 is 1.31 bits per heavy atom. The zero-order chi connectivity index (χ0) is 9.10. The second-order valence-electron chi connectivity index (χ2n) is 3.96. The zero-order valence-electron chi connectivity index (χ0n) is 8.22. The summed E-state index contributed by atoms with van der Waals surface area (Å²) in [4.78, 5) is 0. The number of hydrogen-bond acceptors (Lipinski definition) is 1. The molecule has 2 rings (SSSR count). The molecule has 13 heavy (non-hydrogen) atoms. The lowest BCUT2D eigenvalue weighted by Gasteiger charge is -2.22. The van der Waals surface area contributed by atoms with Crippen molar-refractivity contribution in [3.05, 3.63) is 35.6 Å². The molecule has 0 aromatic heterocycles. The van der Waals surface area contributed by atoms with E-state index in [1.807, 2.05) is 0 Å². The van der Waals surface area contributed by atoms with Gasteiger partial charge in [-0.2, -0.15) is 0 Å². The SMILES string of the molecule is CC1=CC=C(C2C=CNCC2)CC1. The van der Waals surface area contributed by atoms with E-state index in [0.29, 0.717) is 5.92 Å². The molecule has 1 nitrogen and oxygen atoms in total. The Morgan fingerprint density at radius 2 is 2.23 bits per heavy atom. The highest BCUT2D eigenvalue weighted by molar-refractivity contribution is 5.27. The molecule has 0 saturated carbocycles. The van der Waals surface area contributed by atoms with Crippen LogP contribution in [0.25, 0.3) is 0 Å². The first kappa shape index (κ1) is 8.61. The molecule has 0 saturated heterocycles. The first-order chi connectivity index (χ1) is 6.36. The molecular weight excluding hydrogens is 158 g/mol. The van der Waals surface area contributed by atoms with Crippen molar-refractivity contribution in [3.63, 3.8) is 0 Å². The third-order valence-electron chi connectivity index (χ3n) is 2.91. The number of rotatable bonds is 1. The van der Waals surface area contributed by atoms with Crippen molar-refractivity contribution in [1.82, 2.24) is 5.32 Å². The molecule has 0 radical (unpaired) electrons. The second kappa shape index (κ2) is 3.82. The van der Waals surface area contributed by atoms with E-state index in [-0.39, 0.29) is 0 Å². The lowest BCUT2D eigenvalue weighted by molar-refractivity contribution is 0.588. The Kier molecular flexibility index (Phi) is 2.53. The van der Waals surface area contributed by atoms with Crippen LogP contribution in [0.5, 0.6) is 0 Å². The Labute approximate surface area is 80.2 Å². The summed E-state index contributed by atoms with van der Waals surface area (Å²) in [5, 5.41) is 3.24.